The monoisotopic (exact) mass is 273 g/mol. The van der Waals surface area contributed by atoms with Crippen LogP contribution in [0, 0.1) is 5.92 Å². The maximum atomic E-state index is 11.5. The summed E-state index contributed by atoms with van der Waals surface area (Å²) in [5.41, 5.74) is 9.98. The molecule has 0 saturated heterocycles. The first-order valence-electron chi connectivity index (χ1n) is 7.51. The Balaban J connectivity index is 1.90. The molecule has 4 heteroatoms. The molecule has 4 nitrogen and oxygen atoms in total. The molecule has 0 radical (unpaired) electrons. The molecule has 1 aliphatic carbocycles. The van der Waals surface area contributed by atoms with Gasteiger partial charge in [-0.25, -0.2) is 0 Å². The standard InChI is InChI=1S/C16H23N3O/c1-10-5-3-4-6-14(10)19(2)15-9-13-11(7-12(15)17)8-16(20)18-13/h7,9-10,14H,3-6,8,17H2,1-2H3,(H,18,20). The van der Waals surface area contributed by atoms with E-state index in [9.17, 15) is 4.79 Å². The summed E-state index contributed by atoms with van der Waals surface area (Å²) < 4.78 is 0. The van der Waals surface area contributed by atoms with Gasteiger partial charge in [-0.05, 0) is 36.5 Å². The third kappa shape index (κ3) is 2.23. The molecule has 1 saturated carbocycles. The van der Waals surface area contributed by atoms with Gasteiger partial charge in [-0.15, -0.1) is 0 Å². The Labute approximate surface area is 120 Å². The lowest BCUT2D eigenvalue weighted by molar-refractivity contribution is -0.115. The topological polar surface area (TPSA) is 58.4 Å². The van der Waals surface area contributed by atoms with Crippen LogP contribution in [0.25, 0.3) is 0 Å². The minimum atomic E-state index is 0.0604. The molecule has 2 unspecified atom stereocenters. The largest absolute Gasteiger partial charge is 0.397 e. The van der Waals surface area contributed by atoms with Crippen molar-refractivity contribution < 1.29 is 4.79 Å². The van der Waals surface area contributed by atoms with E-state index in [0.717, 1.165) is 22.6 Å². The van der Waals surface area contributed by atoms with E-state index < -0.39 is 0 Å². The quantitative estimate of drug-likeness (QED) is 0.815. The molecule has 20 heavy (non-hydrogen) atoms. The van der Waals surface area contributed by atoms with Gasteiger partial charge in [0.1, 0.15) is 0 Å². The number of hydrogen-bond acceptors (Lipinski definition) is 3. The van der Waals surface area contributed by atoms with E-state index in [2.05, 4.69) is 24.2 Å². The van der Waals surface area contributed by atoms with Gasteiger partial charge in [-0.1, -0.05) is 19.8 Å². The Bertz CT molecular complexity index is 541. The van der Waals surface area contributed by atoms with Crippen molar-refractivity contribution in [2.24, 2.45) is 5.92 Å². The summed E-state index contributed by atoms with van der Waals surface area (Å²) in [5, 5.41) is 2.91. The maximum absolute atomic E-state index is 11.5. The van der Waals surface area contributed by atoms with Crippen molar-refractivity contribution in [2.45, 2.75) is 45.1 Å². The van der Waals surface area contributed by atoms with Crippen LogP contribution in [0.1, 0.15) is 38.2 Å². The molecule has 1 aromatic carbocycles. The molecule has 3 N–H and O–H groups in total. The molecular weight excluding hydrogens is 250 g/mol. The lowest BCUT2D eigenvalue weighted by Crippen LogP contribution is -2.39. The fourth-order valence-corrected chi connectivity index (χ4v) is 3.64. The first-order valence-corrected chi connectivity index (χ1v) is 7.51. The van der Waals surface area contributed by atoms with E-state index in [0.29, 0.717) is 18.4 Å². The number of amides is 1. The first kappa shape index (κ1) is 13.3. The summed E-state index contributed by atoms with van der Waals surface area (Å²) in [6, 6.07) is 4.53. The van der Waals surface area contributed by atoms with Crippen LogP contribution in [0.2, 0.25) is 0 Å². The summed E-state index contributed by atoms with van der Waals surface area (Å²) in [5.74, 6) is 0.751. The number of nitrogens with two attached hydrogens (primary N) is 1. The van der Waals surface area contributed by atoms with Gasteiger partial charge >= 0.3 is 0 Å². The van der Waals surface area contributed by atoms with Crippen LogP contribution in [-0.4, -0.2) is 19.0 Å². The second-order valence-corrected chi connectivity index (χ2v) is 6.23. The molecule has 3 rings (SSSR count). The number of carbonyl (C=O) groups excluding carboxylic acids is 1. The Hall–Kier alpha value is -1.71. The van der Waals surface area contributed by atoms with Gasteiger partial charge in [0.25, 0.3) is 0 Å². The Kier molecular flexibility index (Phi) is 3.32. The Morgan fingerprint density at radius 3 is 2.80 bits per heavy atom. The van der Waals surface area contributed by atoms with Crippen LogP contribution in [0.15, 0.2) is 12.1 Å². The zero-order valence-corrected chi connectivity index (χ0v) is 12.3. The highest BCUT2D eigenvalue weighted by Gasteiger charge is 2.27. The third-order valence-electron chi connectivity index (χ3n) is 4.82. The number of nitrogens with one attached hydrogen (secondary N) is 1. The molecule has 0 aromatic heterocycles. The zero-order chi connectivity index (χ0) is 14.3. The highest BCUT2D eigenvalue weighted by molar-refractivity contribution is 6.00. The van der Waals surface area contributed by atoms with Crippen LogP contribution >= 0.6 is 0 Å². The van der Waals surface area contributed by atoms with Crippen molar-refractivity contribution in [3.63, 3.8) is 0 Å². The van der Waals surface area contributed by atoms with Gasteiger partial charge in [0.15, 0.2) is 0 Å². The maximum Gasteiger partial charge on any atom is 0.228 e. The normalized spacial score (nSPS) is 25.2. The summed E-state index contributed by atoms with van der Waals surface area (Å²) in [6.45, 7) is 2.33. The predicted octanol–water partition coefficient (Wildman–Crippen LogP) is 2.78. The summed E-state index contributed by atoms with van der Waals surface area (Å²) in [7, 11) is 2.13. The summed E-state index contributed by atoms with van der Waals surface area (Å²) in [4.78, 5) is 13.8. The van der Waals surface area contributed by atoms with E-state index in [4.69, 9.17) is 5.73 Å². The SMILES string of the molecule is CC1CCCCC1N(C)c1cc2c(cc1N)CC(=O)N2. The molecule has 2 aliphatic rings. The van der Waals surface area contributed by atoms with Crippen molar-refractivity contribution in [3.8, 4) is 0 Å². The molecule has 108 valence electrons. The summed E-state index contributed by atoms with van der Waals surface area (Å²) in [6.07, 6.45) is 5.59. The fraction of sp³-hybridized carbons (Fsp3) is 0.562. The minimum absolute atomic E-state index is 0.0604. The molecule has 0 bridgehead atoms. The highest BCUT2D eigenvalue weighted by Crippen LogP contribution is 2.37. The number of anilines is 3. The molecule has 1 aromatic rings. The molecule has 1 aliphatic heterocycles. The highest BCUT2D eigenvalue weighted by atomic mass is 16.1. The number of nitrogens with zero attached hydrogens (tertiary/aromatic N) is 1. The van der Waals surface area contributed by atoms with Crippen molar-refractivity contribution in [1.29, 1.82) is 0 Å². The Morgan fingerprint density at radius 2 is 2.05 bits per heavy atom. The van der Waals surface area contributed by atoms with Gasteiger partial charge in [0.2, 0.25) is 5.91 Å². The predicted molar refractivity (Wildman–Crippen MR) is 83.0 cm³/mol. The van der Waals surface area contributed by atoms with Crippen molar-refractivity contribution >= 4 is 23.0 Å². The van der Waals surface area contributed by atoms with Crippen LogP contribution in [-0.2, 0) is 11.2 Å². The molecule has 2 atom stereocenters. The number of benzene rings is 1. The number of nitrogen functional groups attached to an aromatic ring is 1. The van der Waals surface area contributed by atoms with Gasteiger partial charge in [0.05, 0.1) is 17.8 Å². The average molecular weight is 273 g/mol. The zero-order valence-electron chi connectivity index (χ0n) is 12.3. The number of rotatable bonds is 2. The van der Waals surface area contributed by atoms with Crippen molar-refractivity contribution in [2.75, 3.05) is 23.0 Å². The van der Waals surface area contributed by atoms with E-state index in [1.165, 1.54) is 25.7 Å². The molecular formula is C16H23N3O. The molecule has 1 fully saturated rings. The van der Waals surface area contributed by atoms with E-state index in [1.807, 2.05) is 12.1 Å². The van der Waals surface area contributed by atoms with Gasteiger partial charge < -0.3 is 16.0 Å². The van der Waals surface area contributed by atoms with Crippen LogP contribution < -0.4 is 16.0 Å². The van der Waals surface area contributed by atoms with E-state index >= 15 is 0 Å². The number of hydrogen-bond donors (Lipinski definition) is 2. The average Bonchev–Trinajstić information content (AvgIpc) is 2.76. The number of fused-ring (bicyclic) bond motifs is 1. The van der Waals surface area contributed by atoms with Gasteiger partial charge in [0, 0.05) is 18.8 Å². The summed E-state index contributed by atoms with van der Waals surface area (Å²) >= 11 is 0. The third-order valence-corrected chi connectivity index (χ3v) is 4.82. The van der Waals surface area contributed by atoms with Gasteiger partial charge in [-0.2, -0.15) is 0 Å². The number of carbonyl (C=O) groups is 1. The van der Waals surface area contributed by atoms with E-state index in [1.54, 1.807) is 0 Å². The minimum Gasteiger partial charge on any atom is -0.397 e. The fourth-order valence-electron chi connectivity index (χ4n) is 3.64. The molecule has 1 amide bonds. The lowest BCUT2D eigenvalue weighted by Gasteiger charge is -2.38. The smallest absolute Gasteiger partial charge is 0.228 e. The second kappa shape index (κ2) is 5.00. The van der Waals surface area contributed by atoms with Crippen LogP contribution in [0.3, 0.4) is 0 Å². The Morgan fingerprint density at radius 1 is 1.30 bits per heavy atom. The lowest BCUT2D eigenvalue weighted by atomic mass is 9.85. The van der Waals surface area contributed by atoms with Gasteiger partial charge in [-0.3, -0.25) is 4.79 Å². The molecule has 1 heterocycles. The molecule has 0 spiro atoms. The first-order chi connectivity index (χ1) is 9.56. The van der Waals surface area contributed by atoms with Crippen LogP contribution in [0.5, 0.6) is 0 Å². The van der Waals surface area contributed by atoms with Crippen molar-refractivity contribution in [1.82, 2.24) is 0 Å². The van der Waals surface area contributed by atoms with Crippen molar-refractivity contribution in [3.05, 3.63) is 17.7 Å². The second-order valence-electron chi connectivity index (χ2n) is 6.23. The van der Waals surface area contributed by atoms with E-state index in [-0.39, 0.29) is 5.91 Å². The van der Waals surface area contributed by atoms with Crippen LogP contribution in [0.4, 0.5) is 17.1 Å².